The molecule has 1 unspecified atom stereocenters. The zero-order valence-corrected chi connectivity index (χ0v) is 9.67. The Morgan fingerprint density at radius 3 is 3.00 bits per heavy atom. The summed E-state index contributed by atoms with van der Waals surface area (Å²) >= 11 is 11.8. The SMILES string of the molecule is NCC1CCCN1c1cc(Cl)nnc1Cl. The van der Waals surface area contributed by atoms with E-state index in [4.69, 9.17) is 28.9 Å². The third kappa shape index (κ3) is 2.17. The lowest BCUT2D eigenvalue weighted by atomic mass is 10.2. The van der Waals surface area contributed by atoms with Gasteiger partial charge < -0.3 is 10.6 Å². The van der Waals surface area contributed by atoms with Crippen LogP contribution >= 0.6 is 23.2 Å². The summed E-state index contributed by atoms with van der Waals surface area (Å²) in [7, 11) is 0. The van der Waals surface area contributed by atoms with E-state index in [0.29, 0.717) is 22.9 Å². The molecule has 15 heavy (non-hydrogen) atoms. The van der Waals surface area contributed by atoms with Gasteiger partial charge in [0.15, 0.2) is 10.3 Å². The molecule has 0 radical (unpaired) electrons. The highest BCUT2D eigenvalue weighted by molar-refractivity contribution is 6.33. The summed E-state index contributed by atoms with van der Waals surface area (Å²) < 4.78 is 0. The molecule has 0 saturated carbocycles. The zero-order valence-electron chi connectivity index (χ0n) is 8.16. The summed E-state index contributed by atoms with van der Waals surface area (Å²) in [6.45, 7) is 1.57. The van der Waals surface area contributed by atoms with Gasteiger partial charge in [-0.15, -0.1) is 10.2 Å². The molecule has 1 atom stereocenters. The smallest absolute Gasteiger partial charge is 0.175 e. The monoisotopic (exact) mass is 246 g/mol. The number of nitrogens with zero attached hydrogens (tertiary/aromatic N) is 3. The minimum Gasteiger partial charge on any atom is -0.365 e. The van der Waals surface area contributed by atoms with E-state index in [-0.39, 0.29) is 0 Å². The second-order valence-electron chi connectivity index (χ2n) is 3.57. The molecule has 0 aromatic carbocycles. The summed E-state index contributed by atoms with van der Waals surface area (Å²) in [5.74, 6) is 0. The van der Waals surface area contributed by atoms with Crippen LogP contribution in [0.1, 0.15) is 12.8 Å². The molecule has 1 aromatic rings. The van der Waals surface area contributed by atoms with Crippen molar-refractivity contribution in [1.29, 1.82) is 0 Å². The second-order valence-corrected chi connectivity index (χ2v) is 4.31. The fraction of sp³-hybridized carbons (Fsp3) is 0.556. The average molecular weight is 247 g/mol. The molecular weight excluding hydrogens is 235 g/mol. The van der Waals surface area contributed by atoms with Gasteiger partial charge in [0.1, 0.15) is 0 Å². The van der Waals surface area contributed by atoms with Crippen molar-refractivity contribution in [3.8, 4) is 0 Å². The van der Waals surface area contributed by atoms with Crippen molar-refractivity contribution in [2.24, 2.45) is 5.73 Å². The van der Waals surface area contributed by atoms with Crippen molar-refractivity contribution in [3.63, 3.8) is 0 Å². The van der Waals surface area contributed by atoms with E-state index in [9.17, 15) is 0 Å². The number of halogens is 2. The van der Waals surface area contributed by atoms with Crippen molar-refractivity contribution in [1.82, 2.24) is 10.2 Å². The van der Waals surface area contributed by atoms with Gasteiger partial charge in [-0.2, -0.15) is 0 Å². The molecule has 0 aliphatic carbocycles. The highest BCUT2D eigenvalue weighted by Crippen LogP contribution is 2.31. The third-order valence-corrected chi connectivity index (χ3v) is 3.11. The first-order valence-electron chi connectivity index (χ1n) is 4.88. The lowest BCUT2D eigenvalue weighted by Crippen LogP contribution is -2.35. The summed E-state index contributed by atoms with van der Waals surface area (Å²) in [4.78, 5) is 2.16. The summed E-state index contributed by atoms with van der Waals surface area (Å²) in [5, 5.41) is 8.23. The van der Waals surface area contributed by atoms with Gasteiger partial charge in [0, 0.05) is 25.2 Å². The fourth-order valence-corrected chi connectivity index (χ4v) is 2.29. The summed E-state index contributed by atoms with van der Waals surface area (Å²) in [5.41, 5.74) is 6.53. The second kappa shape index (κ2) is 4.51. The zero-order chi connectivity index (χ0) is 10.8. The van der Waals surface area contributed by atoms with Gasteiger partial charge in [0.25, 0.3) is 0 Å². The average Bonchev–Trinajstić information content (AvgIpc) is 2.69. The Morgan fingerprint density at radius 1 is 1.47 bits per heavy atom. The topological polar surface area (TPSA) is 55.0 Å². The number of nitrogens with two attached hydrogens (primary N) is 1. The van der Waals surface area contributed by atoms with Gasteiger partial charge in [0.05, 0.1) is 5.69 Å². The molecule has 0 spiro atoms. The maximum absolute atomic E-state index is 5.98. The number of hydrogen-bond acceptors (Lipinski definition) is 4. The minimum atomic E-state index is 0.336. The van der Waals surface area contributed by atoms with Crippen LogP contribution in [0.4, 0.5) is 5.69 Å². The van der Waals surface area contributed by atoms with E-state index >= 15 is 0 Å². The quantitative estimate of drug-likeness (QED) is 0.864. The molecule has 1 aliphatic heterocycles. The first-order chi connectivity index (χ1) is 7.22. The Morgan fingerprint density at radius 2 is 2.27 bits per heavy atom. The van der Waals surface area contributed by atoms with Crippen LogP contribution in [-0.4, -0.2) is 29.3 Å². The van der Waals surface area contributed by atoms with Crippen molar-refractivity contribution < 1.29 is 0 Å². The standard InChI is InChI=1S/C9H12Cl2N4/c10-8-4-7(9(11)14-13-8)15-3-1-2-6(15)5-12/h4,6H,1-3,5,12H2. The van der Waals surface area contributed by atoms with E-state index in [2.05, 4.69) is 15.1 Å². The highest BCUT2D eigenvalue weighted by Gasteiger charge is 2.25. The highest BCUT2D eigenvalue weighted by atomic mass is 35.5. The molecule has 4 nitrogen and oxygen atoms in total. The van der Waals surface area contributed by atoms with Crippen LogP contribution in [0.15, 0.2) is 6.07 Å². The molecule has 0 bridgehead atoms. The first-order valence-corrected chi connectivity index (χ1v) is 5.63. The molecule has 1 aromatic heterocycles. The Bertz CT molecular complexity index is 358. The number of anilines is 1. The Balaban J connectivity index is 2.31. The van der Waals surface area contributed by atoms with Crippen LogP contribution in [-0.2, 0) is 0 Å². The van der Waals surface area contributed by atoms with Gasteiger partial charge in [-0.05, 0) is 12.8 Å². The summed E-state index contributed by atoms with van der Waals surface area (Å²) in [6, 6.07) is 2.08. The largest absolute Gasteiger partial charge is 0.365 e. The minimum absolute atomic E-state index is 0.336. The third-order valence-electron chi connectivity index (χ3n) is 2.66. The van der Waals surface area contributed by atoms with Crippen LogP contribution in [0.25, 0.3) is 0 Å². The van der Waals surface area contributed by atoms with Gasteiger partial charge in [-0.1, -0.05) is 23.2 Å². The van der Waals surface area contributed by atoms with E-state index in [1.54, 1.807) is 6.07 Å². The Hall–Kier alpha value is -0.580. The van der Waals surface area contributed by atoms with E-state index in [0.717, 1.165) is 25.1 Å². The Labute approximate surface area is 98.4 Å². The molecule has 2 N–H and O–H groups in total. The lowest BCUT2D eigenvalue weighted by Gasteiger charge is -2.25. The van der Waals surface area contributed by atoms with Crippen LogP contribution in [0, 0.1) is 0 Å². The molecule has 1 aliphatic rings. The van der Waals surface area contributed by atoms with Crippen LogP contribution < -0.4 is 10.6 Å². The van der Waals surface area contributed by atoms with Gasteiger partial charge >= 0.3 is 0 Å². The van der Waals surface area contributed by atoms with E-state index in [1.165, 1.54) is 0 Å². The van der Waals surface area contributed by atoms with Gasteiger partial charge in [-0.3, -0.25) is 0 Å². The van der Waals surface area contributed by atoms with E-state index in [1.807, 2.05) is 0 Å². The maximum atomic E-state index is 5.98. The normalized spacial score (nSPS) is 21.0. The molecule has 1 fully saturated rings. The molecule has 82 valence electrons. The van der Waals surface area contributed by atoms with Crippen molar-refractivity contribution in [3.05, 3.63) is 16.4 Å². The van der Waals surface area contributed by atoms with Crippen molar-refractivity contribution >= 4 is 28.9 Å². The van der Waals surface area contributed by atoms with Gasteiger partial charge in [0.2, 0.25) is 0 Å². The van der Waals surface area contributed by atoms with Gasteiger partial charge in [-0.25, -0.2) is 0 Å². The lowest BCUT2D eigenvalue weighted by molar-refractivity contribution is 0.675. The van der Waals surface area contributed by atoms with Crippen molar-refractivity contribution in [2.75, 3.05) is 18.0 Å². The first kappa shape index (κ1) is 10.9. The molecule has 1 saturated heterocycles. The van der Waals surface area contributed by atoms with Crippen LogP contribution in [0.2, 0.25) is 10.3 Å². The Kier molecular flexibility index (Phi) is 3.29. The predicted molar refractivity (Wildman–Crippen MR) is 61.5 cm³/mol. The van der Waals surface area contributed by atoms with Crippen molar-refractivity contribution in [2.45, 2.75) is 18.9 Å². The van der Waals surface area contributed by atoms with E-state index < -0.39 is 0 Å². The molecule has 6 heteroatoms. The molecule has 2 rings (SSSR count). The number of hydrogen-bond donors (Lipinski definition) is 1. The summed E-state index contributed by atoms with van der Waals surface area (Å²) in [6.07, 6.45) is 2.21. The van der Waals surface area contributed by atoms with Crippen LogP contribution in [0.5, 0.6) is 0 Å². The predicted octanol–water partition coefficient (Wildman–Crippen LogP) is 1.71. The van der Waals surface area contributed by atoms with Crippen LogP contribution in [0.3, 0.4) is 0 Å². The molecule has 0 amide bonds. The number of rotatable bonds is 2. The molecular formula is C9H12Cl2N4. The number of aromatic nitrogens is 2. The molecule has 2 heterocycles. The fourth-order valence-electron chi connectivity index (χ4n) is 1.94. The maximum Gasteiger partial charge on any atom is 0.175 e.